The topological polar surface area (TPSA) is 38.0 Å². The van der Waals surface area contributed by atoms with Crippen molar-refractivity contribution in [3.05, 3.63) is 23.0 Å². The molecule has 1 aliphatic rings. The molecule has 0 aromatic heterocycles. The molecule has 0 bridgehead atoms. The zero-order valence-corrected chi connectivity index (χ0v) is 11.5. The zero-order valence-electron chi connectivity index (χ0n) is 10.7. The van der Waals surface area contributed by atoms with Gasteiger partial charge in [0.15, 0.2) is 0 Å². The summed E-state index contributed by atoms with van der Waals surface area (Å²) in [5.41, 5.74) is 7.35. The van der Waals surface area contributed by atoms with Crippen molar-refractivity contribution in [2.45, 2.75) is 39.0 Å². The van der Waals surface area contributed by atoms with Crippen LogP contribution in [0.25, 0.3) is 0 Å². The number of rotatable bonds is 4. The van der Waals surface area contributed by atoms with Crippen LogP contribution in [0.5, 0.6) is 0 Å². The normalized spacial score (nSPS) is 17.9. The highest BCUT2D eigenvalue weighted by Crippen LogP contribution is 2.41. The minimum atomic E-state index is -0.426. The van der Waals surface area contributed by atoms with Gasteiger partial charge in [0.2, 0.25) is 0 Å². The Kier molecular flexibility index (Phi) is 4.00. The fourth-order valence-corrected chi connectivity index (χ4v) is 2.95. The van der Waals surface area contributed by atoms with E-state index in [-0.39, 0.29) is 5.02 Å². The third kappa shape index (κ3) is 2.72. The molecule has 4 heteroatoms. The van der Waals surface area contributed by atoms with E-state index >= 15 is 0 Å². The third-order valence-electron chi connectivity index (χ3n) is 4.16. The van der Waals surface area contributed by atoms with Gasteiger partial charge in [0.05, 0.1) is 16.4 Å². The fraction of sp³-hybridized carbons (Fsp3) is 0.571. The molecular weight excluding hydrogens is 251 g/mol. The summed E-state index contributed by atoms with van der Waals surface area (Å²) in [5, 5.41) is 3.36. The molecule has 1 fully saturated rings. The van der Waals surface area contributed by atoms with Crippen molar-refractivity contribution < 1.29 is 4.39 Å². The predicted octanol–water partition coefficient (Wildman–Crippen LogP) is 4.44. The maximum Gasteiger partial charge on any atom is 0.143 e. The Morgan fingerprint density at radius 2 is 2.06 bits per heavy atom. The molecule has 18 heavy (non-hydrogen) atoms. The van der Waals surface area contributed by atoms with Crippen LogP contribution in [-0.4, -0.2) is 6.54 Å². The molecule has 2 rings (SSSR count). The van der Waals surface area contributed by atoms with Crippen LogP contribution in [0.15, 0.2) is 12.1 Å². The average Bonchev–Trinajstić information content (AvgIpc) is 2.82. The number of anilines is 2. The Morgan fingerprint density at radius 3 is 2.67 bits per heavy atom. The van der Waals surface area contributed by atoms with Gasteiger partial charge in [-0.05, 0) is 30.7 Å². The van der Waals surface area contributed by atoms with Crippen LogP contribution in [-0.2, 0) is 0 Å². The van der Waals surface area contributed by atoms with E-state index in [2.05, 4.69) is 12.2 Å². The Bertz CT molecular complexity index is 428. The van der Waals surface area contributed by atoms with Crippen molar-refractivity contribution in [2.75, 3.05) is 17.6 Å². The monoisotopic (exact) mass is 270 g/mol. The number of nitrogens with one attached hydrogen (secondary N) is 1. The second-order valence-corrected chi connectivity index (χ2v) is 5.67. The molecule has 0 amide bonds. The Morgan fingerprint density at radius 1 is 1.39 bits per heavy atom. The van der Waals surface area contributed by atoms with Crippen molar-refractivity contribution in [3.63, 3.8) is 0 Å². The molecule has 1 aromatic rings. The molecule has 0 unspecified atom stereocenters. The van der Waals surface area contributed by atoms with Crippen LogP contribution in [0, 0.1) is 11.2 Å². The predicted molar refractivity (Wildman–Crippen MR) is 75.5 cm³/mol. The Hall–Kier alpha value is -0.960. The lowest BCUT2D eigenvalue weighted by Gasteiger charge is -2.28. The lowest BCUT2D eigenvalue weighted by atomic mass is 9.83. The summed E-state index contributed by atoms with van der Waals surface area (Å²) >= 11 is 5.69. The van der Waals surface area contributed by atoms with E-state index < -0.39 is 5.82 Å². The van der Waals surface area contributed by atoms with Gasteiger partial charge in [-0.25, -0.2) is 4.39 Å². The average molecular weight is 271 g/mol. The van der Waals surface area contributed by atoms with Crippen molar-refractivity contribution in [1.82, 2.24) is 0 Å². The Balaban J connectivity index is 2.08. The van der Waals surface area contributed by atoms with Crippen molar-refractivity contribution >= 4 is 23.0 Å². The molecule has 0 radical (unpaired) electrons. The van der Waals surface area contributed by atoms with Crippen LogP contribution >= 0.6 is 11.6 Å². The first kappa shape index (κ1) is 13.5. The molecule has 3 N–H and O–H groups in total. The van der Waals surface area contributed by atoms with E-state index in [4.69, 9.17) is 17.3 Å². The van der Waals surface area contributed by atoms with Crippen molar-refractivity contribution in [3.8, 4) is 0 Å². The van der Waals surface area contributed by atoms with E-state index in [1.54, 1.807) is 0 Å². The minimum Gasteiger partial charge on any atom is -0.397 e. The maximum atomic E-state index is 13.4. The second kappa shape index (κ2) is 5.35. The van der Waals surface area contributed by atoms with Crippen LogP contribution in [0.3, 0.4) is 0 Å². The molecule has 0 saturated heterocycles. The number of hydrogen-bond acceptors (Lipinski definition) is 2. The first-order valence-electron chi connectivity index (χ1n) is 6.55. The minimum absolute atomic E-state index is 0.0733. The number of benzene rings is 1. The van der Waals surface area contributed by atoms with Crippen LogP contribution in [0.4, 0.5) is 15.8 Å². The standard InChI is InChI=1S/C14H20ClFN2/c1-2-14(5-3-4-6-14)9-18-13-8-11(16)10(15)7-12(13)17/h7-8,18H,2-6,9,17H2,1H3. The molecular formula is C14H20ClFN2. The zero-order chi connectivity index (χ0) is 13.2. The first-order chi connectivity index (χ1) is 8.56. The largest absolute Gasteiger partial charge is 0.397 e. The lowest BCUT2D eigenvalue weighted by molar-refractivity contribution is 0.307. The quantitative estimate of drug-likeness (QED) is 0.794. The van der Waals surface area contributed by atoms with Gasteiger partial charge in [-0.3, -0.25) is 0 Å². The highest BCUT2D eigenvalue weighted by atomic mass is 35.5. The molecule has 1 aromatic carbocycles. The summed E-state index contributed by atoms with van der Waals surface area (Å²) in [6.45, 7) is 3.08. The maximum absolute atomic E-state index is 13.4. The van der Waals surface area contributed by atoms with Gasteiger partial charge < -0.3 is 11.1 Å². The number of halogens is 2. The van der Waals surface area contributed by atoms with Crippen molar-refractivity contribution in [2.24, 2.45) is 5.41 Å². The van der Waals surface area contributed by atoms with Gasteiger partial charge in [-0.1, -0.05) is 31.4 Å². The van der Waals surface area contributed by atoms with Gasteiger partial charge in [0.1, 0.15) is 5.82 Å². The van der Waals surface area contributed by atoms with E-state index in [1.807, 2.05) is 0 Å². The van der Waals surface area contributed by atoms with Gasteiger partial charge in [-0.2, -0.15) is 0 Å². The van der Waals surface area contributed by atoms with Crippen LogP contribution < -0.4 is 11.1 Å². The van der Waals surface area contributed by atoms with Crippen molar-refractivity contribution in [1.29, 1.82) is 0 Å². The van der Waals surface area contributed by atoms with Gasteiger partial charge in [-0.15, -0.1) is 0 Å². The SMILES string of the molecule is CCC1(CNc2cc(F)c(Cl)cc2N)CCCC1. The molecule has 2 nitrogen and oxygen atoms in total. The highest BCUT2D eigenvalue weighted by Gasteiger charge is 2.31. The molecule has 0 atom stereocenters. The van der Waals surface area contributed by atoms with E-state index in [0.29, 0.717) is 16.8 Å². The molecule has 0 spiro atoms. The highest BCUT2D eigenvalue weighted by molar-refractivity contribution is 6.31. The smallest absolute Gasteiger partial charge is 0.143 e. The van der Waals surface area contributed by atoms with Gasteiger partial charge in [0.25, 0.3) is 0 Å². The third-order valence-corrected chi connectivity index (χ3v) is 4.45. The summed E-state index contributed by atoms with van der Waals surface area (Å²) in [6, 6.07) is 2.85. The summed E-state index contributed by atoms with van der Waals surface area (Å²) in [7, 11) is 0. The number of nitrogen functional groups attached to an aromatic ring is 1. The molecule has 1 saturated carbocycles. The number of nitrogens with two attached hydrogens (primary N) is 1. The summed E-state index contributed by atoms with van der Waals surface area (Å²) in [4.78, 5) is 0. The fourth-order valence-electron chi connectivity index (χ4n) is 2.78. The summed E-state index contributed by atoms with van der Waals surface area (Å²) in [6.07, 6.45) is 6.22. The lowest BCUT2D eigenvalue weighted by Crippen LogP contribution is -2.26. The van der Waals surface area contributed by atoms with E-state index in [0.717, 1.165) is 13.0 Å². The Labute approximate surface area is 113 Å². The van der Waals surface area contributed by atoms with Gasteiger partial charge in [0, 0.05) is 12.6 Å². The summed E-state index contributed by atoms with van der Waals surface area (Å²) in [5.74, 6) is -0.426. The van der Waals surface area contributed by atoms with Crippen LogP contribution in [0.1, 0.15) is 39.0 Å². The molecule has 0 aliphatic heterocycles. The van der Waals surface area contributed by atoms with E-state index in [1.165, 1.54) is 37.8 Å². The second-order valence-electron chi connectivity index (χ2n) is 5.27. The molecule has 1 aliphatic carbocycles. The van der Waals surface area contributed by atoms with E-state index in [9.17, 15) is 4.39 Å². The van der Waals surface area contributed by atoms with Gasteiger partial charge >= 0.3 is 0 Å². The first-order valence-corrected chi connectivity index (χ1v) is 6.92. The number of hydrogen-bond donors (Lipinski definition) is 2. The molecule has 0 heterocycles. The summed E-state index contributed by atoms with van der Waals surface area (Å²) < 4.78 is 13.4. The molecule has 100 valence electrons. The van der Waals surface area contributed by atoms with Crippen LogP contribution in [0.2, 0.25) is 5.02 Å².